The number of hydrazine groups is 1. The molecule has 6 heteroatoms. The lowest BCUT2D eigenvalue weighted by molar-refractivity contribution is 0.0933. The van der Waals surface area contributed by atoms with E-state index in [2.05, 4.69) is 15.7 Å². The number of nitrogens with zero attached hydrogens (tertiary/aromatic N) is 1. The lowest BCUT2D eigenvalue weighted by Crippen LogP contribution is -2.33. The first-order chi connectivity index (χ1) is 9.69. The first-order valence-electron chi connectivity index (χ1n) is 6.46. The molecule has 2 heterocycles. The second-order valence-electron chi connectivity index (χ2n) is 4.54. The molecular weight excluding hydrogens is 256 g/mol. The van der Waals surface area contributed by atoms with E-state index in [1.54, 1.807) is 24.5 Å². The Morgan fingerprint density at radius 2 is 2.25 bits per heavy atom. The van der Waals surface area contributed by atoms with Crippen molar-refractivity contribution < 1.29 is 9.21 Å². The summed E-state index contributed by atoms with van der Waals surface area (Å²) in [5.74, 6) is 6.43. The van der Waals surface area contributed by atoms with Crippen molar-refractivity contribution in [3.8, 4) is 0 Å². The quantitative estimate of drug-likeness (QED) is 0.551. The Bertz CT molecular complexity index is 554. The largest absolute Gasteiger partial charge is 0.469 e. The van der Waals surface area contributed by atoms with Crippen LogP contribution in [0.5, 0.6) is 0 Å². The van der Waals surface area contributed by atoms with Crippen LogP contribution in [0.2, 0.25) is 0 Å². The van der Waals surface area contributed by atoms with Crippen molar-refractivity contribution >= 4 is 11.7 Å². The average molecular weight is 274 g/mol. The van der Waals surface area contributed by atoms with Gasteiger partial charge < -0.3 is 15.2 Å². The number of hydrogen-bond acceptors (Lipinski definition) is 5. The van der Waals surface area contributed by atoms with E-state index < -0.39 is 0 Å². The molecule has 0 aromatic carbocycles. The maximum absolute atomic E-state index is 12.0. The SMILES string of the molecule is CC(CCc1ccco1)NC(=O)c1cccc(NN)n1. The lowest BCUT2D eigenvalue weighted by Gasteiger charge is -2.13. The van der Waals surface area contributed by atoms with Gasteiger partial charge in [-0.3, -0.25) is 4.79 Å². The van der Waals surface area contributed by atoms with E-state index in [4.69, 9.17) is 10.3 Å². The van der Waals surface area contributed by atoms with E-state index in [1.165, 1.54) is 0 Å². The first-order valence-corrected chi connectivity index (χ1v) is 6.46. The van der Waals surface area contributed by atoms with E-state index in [0.717, 1.165) is 18.6 Å². The van der Waals surface area contributed by atoms with Gasteiger partial charge in [-0.25, -0.2) is 10.8 Å². The Morgan fingerprint density at radius 3 is 2.95 bits per heavy atom. The van der Waals surface area contributed by atoms with Gasteiger partial charge in [0.05, 0.1) is 6.26 Å². The number of hydrogen-bond donors (Lipinski definition) is 3. The number of anilines is 1. The maximum atomic E-state index is 12.0. The van der Waals surface area contributed by atoms with Crippen LogP contribution in [0.15, 0.2) is 41.0 Å². The zero-order valence-corrected chi connectivity index (χ0v) is 11.3. The molecule has 6 nitrogen and oxygen atoms in total. The Kier molecular flexibility index (Phi) is 4.73. The molecule has 20 heavy (non-hydrogen) atoms. The zero-order chi connectivity index (χ0) is 14.4. The Hall–Kier alpha value is -2.34. The van der Waals surface area contributed by atoms with Gasteiger partial charge >= 0.3 is 0 Å². The third-order valence-electron chi connectivity index (χ3n) is 2.91. The van der Waals surface area contributed by atoms with Gasteiger partial charge in [0.25, 0.3) is 5.91 Å². The summed E-state index contributed by atoms with van der Waals surface area (Å²) in [6, 6.07) is 8.88. The second kappa shape index (κ2) is 6.72. The number of nitrogen functional groups attached to an aromatic ring is 1. The topological polar surface area (TPSA) is 93.2 Å². The van der Waals surface area contributed by atoms with E-state index in [0.29, 0.717) is 11.5 Å². The van der Waals surface area contributed by atoms with Gasteiger partial charge in [0.1, 0.15) is 17.3 Å². The van der Waals surface area contributed by atoms with Gasteiger partial charge in [-0.2, -0.15) is 0 Å². The summed E-state index contributed by atoms with van der Waals surface area (Å²) >= 11 is 0. The Balaban J connectivity index is 1.86. The summed E-state index contributed by atoms with van der Waals surface area (Å²) in [4.78, 5) is 16.1. The van der Waals surface area contributed by atoms with Gasteiger partial charge in [-0.1, -0.05) is 6.07 Å². The number of aryl methyl sites for hydroxylation is 1. The molecule has 2 aromatic rings. The van der Waals surface area contributed by atoms with Crippen molar-refractivity contribution in [3.63, 3.8) is 0 Å². The second-order valence-corrected chi connectivity index (χ2v) is 4.54. The van der Waals surface area contributed by atoms with E-state index in [9.17, 15) is 4.79 Å². The summed E-state index contributed by atoms with van der Waals surface area (Å²) < 4.78 is 5.26. The fourth-order valence-electron chi connectivity index (χ4n) is 1.83. The third kappa shape index (κ3) is 3.83. The van der Waals surface area contributed by atoms with Crippen molar-refractivity contribution in [1.82, 2.24) is 10.3 Å². The minimum absolute atomic E-state index is 0.0314. The molecule has 0 aliphatic carbocycles. The molecule has 1 amide bonds. The Morgan fingerprint density at radius 1 is 1.40 bits per heavy atom. The van der Waals surface area contributed by atoms with Crippen LogP contribution >= 0.6 is 0 Å². The molecule has 0 saturated carbocycles. The highest BCUT2D eigenvalue weighted by Gasteiger charge is 2.12. The standard InChI is InChI=1S/C14H18N4O2/c1-10(7-8-11-4-3-9-20-11)16-14(19)12-5-2-6-13(17-12)18-15/h2-6,9-10H,7-8,15H2,1H3,(H,16,19)(H,17,18). The molecule has 4 N–H and O–H groups in total. The van der Waals surface area contributed by atoms with Crippen LogP contribution in [0.4, 0.5) is 5.82 Å². The van der Waals surface area contributed by atoms with Gasteiger partial charge in [-0.15, -0.1) is 0 Å². The number of amides is 1. The number of aromatic nitrogens is 1. The number of carbonyl (C=O) groups excluding carboxylic acids is 1. The lowest BCUT2D eigenvalue weighted by atomic mass is 10.1. The summed E-state index contributed by atoms with van der Waals surface area (Å²) in [6.45, 7) is 1.95. The number of nitrogens with one attached hydrogen (secondary N) is 2. The molecule has 1 atom stereocenters. The molecule has 1 unspecified atom stereocenters. The number of pyridine rings is 1. The summed E-state index contributed by atoms with van der Waals surface area (Å²) in [5.41, 5.74) is 2.75. The van der Waals surface area contributed by atoms with E-state index >= 15 is 0 Å². The number of nitrogens with two attached hydrogens (primary N) is 1. The highest BCUT2D eigenvalue weighted by molar-refractivity contribution is 5.92. The summed E-state index contributed by atoms with van der Waals surface area (Å²) in [7, 11) is 0. The Labute approximate surface area is 117 Å². The van der Waals surface area contributed by atoms with Crippen LogP contribution in [0.1, 0.15) is 29.6 Å². The monoisotopic (exact) mass is 274 g/mol. The highest BCUT2D eigenvalue weighted by atomic mass is 16.3. The van der Waals surface area contributed by atoms with Crippen LogP contribution in [0, 0.1) is 0 Å². The maximum Gasteiger partial charge on any atom is 0.270 e. The number of furan rings is 1. The van der Waals surface area contributed by atoms with Crippen LogP contribution in [-0.2, 0) is 6.42 Å². The summed E-state index contributed by atoms with van der Waals surface area (Å²) in [6.07, 6.45) is 3.23. The van der Waals surface area contributed by atoms with Crippen molar-refractivity contribution in [3.05, 3.63) is 48.0 Å². The molecule has 106 valence electrons. The minimum atomic E-state index is -0.214. The number of carbonyl (C=O) groups is 1. The van der Waals surface area contributed by atoms with Gasteiger partial charge in [0, 0.05) is 12.5 Å². The van der Waals surface area contributed by atoms with Crippen LogP contribution in [0.3, 0.4) is 0 Å². The van der Waals surface area contributed by atoms with Crippen molar-refractivity contribution in [1.29, 1.82) is 0 Å². The molecule has 0 aliphatic heterocycles. The normalized spacial score (nSPS) is 11.9. The van der Waals surface area contributed by atoms with Crippen molar-refractivity contribution in [2.75, 3.05) is 5.43 Å². The molecule has 0 spiro atoms. The fourth-order valence-corrected chi connectivity index (χ4v) is 1.83. The predicted molar refractivity (Wildman–Crippen MR) is 76.0 cm³/mol. The van der Waals surface area contributed by atoms with Crippen LogP contribution < -0.4 is 16.6 Å². The molecular formula is C14H18N4O2. The molecule has 0 aliphatic rings. The van der Waals surface area contributed by atoms with Gasteiger partial charge in [0.15, 0.2) is 0 Å². The molecule has 0 bridgehead atoms. The van der Waals surface area contributed by atoms with Gasteiger partial charge in [0.2, 0.25) is 0 Å². The van der Waals surface area contributed by atoms with Crippen molar-refractivity contribution in [2.45, 2.75) is 25.8 Å². The molecule has 2 rings (SSSR count). The van der Waals surface area contributed by atoms with Crippen molar-refractivity contribution in [2.24, 2.45) is 5.84 Å². The molecule has 0 radical (unpaired) electrons. The van der Waals surface area contributed by atoms with E-state index in [1.807, 2.05) is 19.1 Å². The van der Waals surface area contributed by atoms with Gasteiger partial charge in [-0.05, 0) is 37.6 Å². The van der Waals surface area contributed by atoms with E-state index in [-0.39, 0.29) is 11.9 Å². The highest BCUT2D eigenvalue weighted by Crippen LogP contribution is 2.07. The smallest absolute Gasteiger partial charge is 0.270 e. The van der Waals surface area contributed by atoms with Crippen LogP contribution in [0.25, 0.3) is 0 Å². The summed E-state index contributed by atoms with van der Waals surface area (Å²) in [5, 5.41) is 2.90. The van der Waals surface area contributed by atoms with Crippen LogP contribution in [-0.4, -0.2) is 16.9 Å². The zero-order valence-electron chi connectivity index (χ0n) is 11.3. The minimum Gasteiger partial charge on any atom is -0.469 e. The predicted octanol–water partition coefficient (Wildman–Crippen LogP) is 1.71. The fraction of sp³-hybridized carbons (Fsp3) is 0.286. The molecule has 2 aromatic heterocycles. The average Bonchev–Trinajstić information content (AvgIpc) is 2.98. The third-order valence-corrected chi connectivity index (χ3v) is 2.91. The number of rotatable bonds is 6. The first kappa shape index (κ1) is 14.1. The molecule has 0 saturated heterocycles. The molecule has 0 fully saturated rings.